The average Bonchev–Trinajstić information content (AvgIpc) is 2.19. The third-order valence-electron chi connectivity index (χ3n) is 2.15. The van der Waals surface area contributed by atoms with Crippen LogP contribution in [-0.2, 0) is 4.79 Å². The normalized spacial score (nSPS) is 9.40. The van der Waals surface area contributed by atoms with Crippen LogP contribution in [0.2, 0.25) is 0 Å². The third kappa shape index (κ3) is 3.47. The van der Waals surface area contributed by atoms with Crippen LogP contribution < -0.4 is 5.32 Å². The maximum Gasteiger partial charge on any atom is 0.225 e. The predicted molar refractivity (Wildman–Crippen MR) is 62.6 cm³/mol. The van der Waals surface area contributed by atoms with Crippen LogP contribution in [0.1, 0.15) is 24.0 Å². The Bertz CT molecular complexity index is 401. The van der Waals surface area contributed by atoms with Gasteiger partial charge in [-0.15, -0.1) is 12.3 Å². The van der Waals surface area contributed by atoms with Crippen molar-refractivity contribution >= 4 is 11.6 Å². The Labute approximate surface area is 90.7 Å². The summed E-state index contributed by atoms with van der Waals surface area (Å²) < 4.78 is 0. The van der Waals surface area contributed by atoms with Gasteiger partial charge in [0.15, 0.2) is 0 Å². The van der Waals surface area contributed by atoms with Gasteiger partial charge < -0.3 is 5.32 Å². The minimum atomic E-state index is -0.0279. The van der Waals surface area contributed by atoms with Gasteiger partial charge in [-0.05, 0) is 25.5 Å². The monoisotopic (exact) mass is 201 g/mol. The SMILES string of the molecule is C#CCCC(=O)Nc1ccc(C)cc1C. The second-order valence-electron chi connectivity index (χ2n) is 3.57. The van der Waals surface area contributed by atoms with Gasteiger partial charge in [0.05, 0.1) is 0 Å². The first kappa shape index (κ1) is 11.3. The predicted octanol–water partition coefficient (Wildman–Crippen LogP) is 2.66. The lowest BCUT2D eigenvalue weighted by Gasteiger charge is -2.08. The summed E-state index contributed by atoms with van der Waals surface area (Å²) in [5.41, 5.74) is 3.13. The number of carbonyl (C=O) groups is 1. The first-order valence-corrected chi connectivity index (χ1v) is 4.94. The fourth-order valence-electron chi connectivity index (χ4n) is 1.35. The summed E-state index contributed by atoms with van der Waals surface area (Å²) >= 11 is 0. The highest BCUT2D eigenvalue weighted by molar-refractivity contribution is 5.91. The molecule has 78 valence electrons. The van der Waals surface area contributed by atoms with Gasteiger partial charge in [0.2, 0.25) is 5.91 Å². The molecule has 0 spiro atoms. The van der Waals surface area contributed by atoms with E-state index in [0.717, 1.165) is 11.3 Å². The molecule has 2 nitrogen and oxygen atoms in total. The number of rotatable bonds is 3. The van der Waals surface area contributed by atoms with Crippen LogP contribution >= 0.6 is 0 Å². The van der Waals surface area contributed by atoms with E-state index in [0.29, 0.717) is 12.8 Å². The van der Waals surface area contributed by atoms with Gasteiger partial charge in [0, 0.05) is 18.5 Å². The van der Waals surface area contributed by atoms with E-state index in [-0.39, 0.29) is 5.91 Å². The highest BCUT2D eigenvalue weighted by Gasteiger charge is 2.03. The lowest BCUT2D eigenvalue weighted by atomic mass is 10.1. The molecule has 1 aromatic carbocycles. The Hall–Kier alpha value is -1.75. The molecule has 0 radical (unpaired) electrons. The van der Waals surface area contributed by atoms with E-state index in [1.54, 1.807) is 0 Å². The van der Waals surface area contributed by atoms with Crippen molar-refractivity contribution in [2.45, 2.75) is 26.7 Å². The summed E-state index contributed by atoms with van der Waals surface area (Å²) in [6.07, 6.45) is 5.95. The summed E-state index contributed by atoms with van der Waals surface area (Å²) in [4.78, 5) is 11.4. The molecule has 1 rings (SSSR count). The zero-order chi connectivity index (χ0) is 11.3. The molecule has 2 heteroatoms. The van der Waals surface area contributed by atoms with Gasteiger partial charge in [0.1, 0.15) is 0 Å². The Kier molecular flexibility index (Phi) is 3.93. The average molecular weight is 201 g/mol. The highest BCUT2D eigenvalue weighted by atomic mass is 16.1. The molecule has 0 unspecified atom stereocenters. The number of carbonyl (C=O) groups excluding carboxylic acids is 1. The zero-order valence-corrected chi connectivity index (χ0v) is 9.13. The largest absolute Gasteiger partial charge is 0.326 e. The Morgan fingerprint density at radius 2 is 2.20 bits per heavy atom. The van der Waals surface area contributed by atoms with Gasteiger partial charge in [-0.25, -0.2) is 0 Å². The quantitative estimate of drug-likeness (QED) is 0.748. The lowest BCUT2D eigenvalue weighted by molar-refractivity contribution is -0.116. The second-order valence-corrected chi connectivity index (χ2v) is 3.57. The standard InChI is InChI=1S/C13H15NO/c1-4-5-6-13(15)14-12-8-7-10(2)9-11(12)3/h1,7-9H,5-6H2,2-3H3,(H,14,15). The minimum Gasteiger partial charge on any atom is -0.326 e. The molecule has 0 aromatic heterocycles. The molecule has 0 aliphatic heterocycles. The van der Waals surface area contributed by atoms with E-state index in [4.69, 9.17) is 6.42 Å². The minimum absolute atomic E-state index is 0.0279. The maximum absolute atomic E-state index is 11.4. The summed E-state index contributed by atoms with van der Waals surface area (Å²) in [6.45, 7) is 4.00. The molecule has 1 amide bonds. The first-order valence-electron chi connectivity index (χ1n) is 4.94. The fourth-order valence-corrected chi connectivity index (χ4v) is 1.35. The molecule has 0 bridgehead atoms. The van der Waals surface area contributed by atoms with E-state index >= 15 is 0 Å². The Balaban J connectivity index is 2.65. The fraction of sp³-hybridized carbons (Fsp3) is 0.308. The number of benzene rings is 1. The van der Waals surface area contributed by atoms with Gasteiger partial charge in [0.25, 0.3) is 0 Å². The van der Waals surface area contributed by atoms with E-state index in [1.165, 1.54) is 5.56 Å². The van der Waals surface area contributed by atoms with Gasteiger partial charge in [-0.2, -0.15) is 0 Å². The number of aryl methyl sites for hydroxylation is 2. The van der Waals surface area contributed by atoms with Crippen molar-refractivity contribution in [3.05, 3.63) is 29.3 Å². The second kappa shape index (κ2) is 5.21. The summed E-state index contributed by atoms with van der Waals surface area (Å²) in [5, 5.41) is 2.84. The number of hydrogen-bond donors (Lipinski definition) is 1. The van der Waals surface area contributed by atoms with Crippen LogP contribution in [0.4, 0.5) is 5.69 Å². The smallest absolute Gasteiger partial charge is 0.225 e. The van der Waals surface area contributed by atoms with Crippen molar-refractivity contribution < 1.29 is 4.79 Å². The highest BCUT2D eigenvalue weighted by Crippen LogP contribution is 2.16. The van der Waals surface area contributed by atoms with Crippen molar-refractivity contribution in [1.82, 2.24) is 0 Å². The van der Waals surface area contributed by atoms with Gasteiger partial charge in [-0.3, -0.25) is 4.79 Å². The zero-order valence-electron chi connectivity index (χ0n) is 9.13. The van der Waals surface area contributed by atoms with Crippen molar-refractivity contribution in [2.75, 3.05) is 5.32 Å². The number of anilines is 1. The van der Waals surface area contributed by atoms with Crippen LogP contribution in [0, 0.1) is 26.2 Å². The number of amides is 1. The van der Waals surface area contributed by atoms with Crippen LogP contribution in [0.15, 0.2) is 18.2 Å². The number of terminal acetylenes is 1. The molecule has 0 aliphatic carbocycles. The van der Waals surface area contributed by atoms with Gasteiger partial charge in [-0.1, -0.05) is 17.7 Å². The molecule has 0 atom stereocenters. The summed E-state index contributed by atoms with van der Waals surface area (Å²) in [5.74, 6) is 2.42. The third-order valence-corrected chi connectivity index (χ3v) is 2.15. The van der Waals surface area contributed by atoms with Crippen molar-refractivity contribution in [2.24, 2.45) is 0 Å². The summed E-state index contributed by atoms with van der Waals surface area (Å²) in [6, 6.07) is 5.93. The molecule has 0 saturated carbocycles. The molecule has 15 heavy (non-hydrogen) atoms. The molecule has 1 N–H and O–H groups in total. The molecule has 0 fully saturated rings. The Morgan fingerprint density at radius 3 is 2.80 bits per heavy atom. The van der Waals surface area contributed by atoms with Crippen LogP contribution in [-0.4, -0.2) is 5.91 Å². The lowest BCUT2D eigenvalue weighted by Crippen LogP contribution is -2.11. The summed E-state index contributed by atoms with van der Waals surface area (Å²) in [7, 11) is 0. The van der Waals surface area contributed by atoms with E-state index < -0.39 is 0 Å². The Morgan fingerprint density at radius 1 is 1.47 bits per heavy atom. The van der Waals surface area contributed by atoms with Crippen LogP contribution in [0.3, 0.4) is 0 Å². The maximum atomic E-state index is 11.4. The van der Waals surface area contributed by atoms with E-state index in [2.05, 4.69) is 11.2 Å². The van der Waals surface area contributed by atoms with Crippen LogP contribution in [0.5, 0.6) is 0 Å². The van der Waals surface area contributed by atoms with E-state index in [9.17, 15) is 4.79 Å². The number of nitrogens with one attached hydrogen (secondary N) is 1. The van der Waals surface area contributed by atoms with Crippen LogP contribution in [0.25, 0.3) is 0 Å². The van der Waals surface area contributed by atoms with Crippen molar-refractivity contribution in [1.29, 1.82) is 0 Å². The molecular formula is C13H15NO. The van der Waals surface area contributed by atoms with Crippen molar-refractivity contribution in [3.8, 4) is 12.3 Å². The topological polar surface area (TPSA) is 29.1 Å². The number of hydrogen-bond acceptors (Lipinski definition) is 1. The van der Waals surface area contributed by atoms with E-state index in [1.807, 2.05) is 32.0 Å². The van der Waals surface area contributed by atoms with Crippen molar-refractivity contribution in [3.63, 3.8) is 0 Å². The van der Waals surface area contributed by atoms with Gasteiger partial charge >= 0.3 is 0 Å². The molecule has 0 aliphatic rings. The molecule has 0 heterocycles. The molecular weight excluding hydrogens is 186 g/mol. The molecule has 1 aromatic rings. The molecule has 0 saturated heterocycles. The first-order chi connectivity index (χ1) is 7.13.